The third-order valence-electron chi connectivity index (χ3n) is 3.18. The van der Waals surface area contributed by atoms with Crippen molar-refractivity contribution < 1.29 is 9.13 Å². The fraction of sp³-hybridized carbons (Fsp3) is 0.294. The van der Waals surface area contributed by atoms with Gasteiger partial charge in [0.05, 0.1) is 0 Å². The molecule has 2 nitrogen and oxygen atoms in total. The van der Waals surface area contributed by atoms with Gasteiger partial charge in [-0.05, 0) is 37.2 Å². The van der Waals surface area contributed by atoms with Crippen LogP contribution >= 0.6 is 0 Å². The molecule has 0 spiro atoms. The van der Waals surface area contributed by atoms with Crippen molar-refractivity contribution in [3.8, 4) is 5.75 Å². The first-order valence-electron chi connectivity index (χ1n) is 6.90. The lowest BCUT2D eigenvalue weighted by Crippen LogP contribution is -2.18. The highest BCUT2D eigenvalue weighted by molar-refractivity contribution is 5.35. The van der Waals surface area contributed by atoms with E-state index in [1.807, 2.05) is 30.3 Å². The van der Waals surface area contributed by atoms with E-state index in [2.05, 4.69) is 19.2 Å². The standard InChI is InChI=1S/C17H20FNO/c1-3-19-13(2)16-9-4-5-10-17(16)20-12-14-7-6-8-15(18)11-14/h4-11,13,19H,3,12H2,1-2H3. The Morgan fingerprint density at radius 3 is 2.70 bits per heavy atom. The molecule has 0 radical (unpaired) electrons. The van der Waals surface area contributed by atoms with Crippen LogP contribution in [0.3, 0.4) is 0 Å². The van der Waals surface area contributed by atoms with E-state index in [1.165, 1.54) is 12.1 Å². The van der Waals surface area contributed by atoms with Crippen molar-refractivity contribution in [2.45, 2.75) is 26.5 Å². The summed E-state index contributed by atoms with van der Waals surface area (Å²) in [6, 6.07) is 14.7. The second-order valence-corrected chi connectivity index (χ2v) is 4.74. The van der Waals surface area contributed by atoms with Gasteiger partial charge in [-0.15, -0.1) is 0 Å². The molecule has 3 heteroatoms. The minimum atomic E-state index is -0.236. The molecule has 106 valence electrons. The van der Waals surface area contributed by atoms with E-state index in [0.717, 1.165) is 23.4 Å². The molecule has 0 aliphatic carbocycles. The molecule has 2 aromatic carbocycles. The van der Waals surface area contributed by atoms with Crippen LogP contribution in [0.15, 0.2) is 48.5 Å². The maximum Gasteiger partial charge on any atom is 0.124 e. The second kappa shape index (κ2) is 7.06. The summed E-state index contributed by atoms with van der Waals surface area (Å²) >= 11 is 0. The van der Waals surface area contributed by atoms with Gasteiger partial charge < -0.3 is 10.1 Å². The van der Waals surface area contributed by atoms with Crippen LogP contribution in [0.1, 0.15) is 31.0 Å². The molecule has 0 aliphatic heterocycles. The van der Waals surface area contributed by atoms with Crippen molar-refractivity contribution in [3.05, 3.63) is 65.5 Å². The van der Waals surface area contributed by atoms with Gasteiger partial charge >= 0.3 is 0 Å². The number of para-hydroxylation sites is 1. The third kappa shape index (κ3) is 3.81. The molecule has 1 N–H and O–H groups in total. The Labute approximate surface area is 119 Å². The lowest BCUT2D eigenvalue weighted by molar-refractivity contribution is 0.299. The minimum absolute atomic E-state index is 0.226. The van der Waals surface area contributed by atoms with Crippen LogP contribution in [-0.2, 0) is 6.61 Å². The summed E-state index contributed by atoms with van der Waals surface area (Å²) < 4.78 is 19.0. The normalized spacial score (nSPS) is 12.2. The Bertz CT molecular complexity index is 556. The van der Waals surface area contributed by atoms with Crippen molar-refractivity contribution >= 4 is 0 Å². The van der Waals surface area contributed by atoms with Crippen molar-refractivity contribution in [2.24, 2.45) is 0 Å². The quantitative estimate of drug-likeness (QED) is 0.856. The summed E-state index contributed by atoms with van der Waals surface area (Å²) in [5.74, 6) is 0.602. The van der Waals surface area contributed by atoms with E-state index in [9.17, 15) is 4.39 Å². The van der Waals surface area contributed by atoms with Crippen LogP contribution in [0.4, 0.5) is 4.39 Å². The lowest BCUT2D eigenvalue weighted by Gasteiger charge is -2.17. The first kappa shape index (κ1) is 14.5. The number of benzene rings is 2. The Morgan fingerprint density at radius 1 is 1.15 bits per heavy atom. The first-order chi connectivity index (χ1) is 9.70. The topological polar surface area (TPSA) is 21.3 Å². The largest absolute Gasteiger partial charge is 0.489 e. The minimum Gasteiger partial charge on any atom is -0.489 e. The van der Waals surface area contributed by atoms with Crippen LogP contribution < -0.4 is 10.1 Å². The Balaban J connectivity index is 2.09. The van der Waals surface area contributed by atoms with Gasteiger partial charge in [-0.2, -0.15) is 0 Å². The smallest absolute Gasteiger partial charge is 0.124 e. The van der Waals surface area contributed by atoms with E-state index in [0.29, 0.717) is 6.61 Å². The predicted octanol–water partition coefficient (Wildman–Crippen LogP) is 4.08. The summed E-state index contributed by atoms with van der Waals surface area (Å²) in [6.07, 6.45) is 0. The SMILES string of the molecule is CCNC(C)c1ccccc1OCc1cccc(F)c1. The fourth-order valence-corrected chi connectivity index (χ4v) is 2.17. The zero-order valence-corrected chi connectivity index (χ0v) is 11.9. The number of ether oxygens (including phenoxy) is 1. The fourth-order valence-electron chi connectivity index (χ4n) is 2.17. The van der Waals surface area contributed by atoms with Crippen LogP contribution in [0.5, 0.6) is 5.75 Å². The molecule has 0 aliphatic rings. The Morgan fingerprint density at radius 2 is 1.95 bits per heavy atom. The van der Waals surface area contributed by atoms with Gasteiger partial charge in [0.2, 0.25) is 0 Å². The van der Waals surface area contributed by atoms with Gasteiger partial charge in [-0.1, -0.05) is 37.3 Å². The van der Waals surface area contributed by atoms with E-state index >= 15 is 0 Å². The van der Waals surface area contributed by atoms with Gasteiger partial charge in [-0.25, -0.2) is 4.39 Å². The zero-order chi connectivity index (χ0) is 14.4. The molecule has 0 heterocycles. The molecule has 0 saturated carbocycles. The summed E-state index contributed by atoms with van der Waals surface area (Å²) in [7, 11) is 0. The molecule has 2 aromatic rings. The molecular formula is C17H20FNO. The van der Waals surface area contributed by atoms with Crippen molar-refractivity contribution in [2.75, 3.05) is 6.54 Å². The lowest BCUT2D eigenvalue weighted by atomic mass is 10.1. The molecule has 2 rings (SSSR count). The summed E-state index contributed by atoms with van der Waals surface area (Å²) in [4.78, 5) is 0. The summed E-state index contributed by atoms with van der Waals surface area (Å²) in [5, 5.41) is 3.37. The molecule has 0 bridgehead atoms. The molecule has 1 atom stereocenters. The zero-order valence-electron chi connectivity index (χ0n) is 11.9. The number of hydrogen-bond donors (Lipinski definition) is 1. The van der Waals surface area contributed by atoms with Crippen LogP contribution in [0, 0.1) is 5.82 Å². The monoisotopic (exact) mass is 273 g/mol. The first-order valence-corrected chi connectivity index (χ1v) is 6.90. The maximum absolute atomic E-state index is 13.1. The highest BCUT2D eigenvalue weighted by Gasteiger charge is 2.10. The second-order valence-electron chi connectivity index (χ2n) is 4.74. The van der Waals surface area contributed by atoms with E-state index in [4.69, 9.17) is 4.74 Å². The Kier molecular flexibility index (Phi) is 5.13. The molecule has 0 aromatic heterocycles. The summed E-state index contributed by atoms with van der Waals surface area (Å²) in [6.45, 7) is 5.45. The van der Waals surface area contributed by atoms with Crippen LogP contribution in [0.25, 0.3) is 0 Å². The highest BCUT2D eigenvalue weighted by Crippen LogP contribution is 2.25. The molecule has 20 heavy (non-hydrogen) atoms. The van der Waals surface area contributed by atoms with Crippen molar-refractivity contribution in [3.63, 3.8) is 0 Å². The predicted molar refractivity (Wildman–Crippen MR) is 79.3 cm³/mol. The number of nitrogens with one attached hydrogen (secondary N) is 1. The number of hydrogen-bond acceptors (Lipinski definition) is 2. The van der Waals surface area contributed by atoms with Gasteiger partial charge in [0.25, 0.3) is 0 Å². The van der Waals surface area contributed by atoms with Crippen LogP contribution in [-0.4, -0.2) is 6.54 Å². The van der Waals surface area contributed by atoms with Gasteiger partial charge in [0.1, 0.15) is 18.2 Å². The molecule has 0 saturated heterocycles. The molecular weight excluding hydrogens is 253 g/mol. The van der Waals surface area contributed by atoms with Crippen LogP contribution in [0.2, 0.25) is 0 Å². The molecule has 0 fully saturated rings. The number of rotatable bonds is 6. The van der Waals surface area contributed by atoms with Gasteiger partial charge in [0, 0.05) is 11.6 Å². The Hall–Kier alpha value is -1.87. The van der Waals surface area contributed by atoms with E-state index < -0.39 is 0 Å². The van der Waals surface area contributed by atoms with Crippen molar-refractivity contribution in [1.29, 1.82) is 0 Å². The van der Waals surface area contributed by atoms with Crippen molar-refractivity contribution in [1.82, 2.24) is 5.32 Å². The van der Waals surface area contributed by atoms with Gasteiger partial charge in [0.15, 0.2) is 0 Å². The van der Waals surface area contributed by atoms with E-state index in [1.54, 1.807) is 6.07 Å². The average molecular weight is 273 g/mol. The number of halogens is 1. The van der Waals surface area contributed by atoms with Gasteiger partial charge in [-0.3, -0.25) is 0 Å². The summed E-state index contributed by atoms with van der Waals surface area (Å²) in [5.41, 5.74) is 1.95. The average Bonchev–Trinajstić information content (AvgIpc) is 2.46. The molecule has 0 amide bonds. The highest BCUT2D eigenvalue weighted by atomic mass is 19.1. The maximum atomic E-state index is 13.1. The third-order valence-corrected chi connectivity index (χ3v) is 3.18. The molecule has 1 unspecified atom stereocenters. The van der Waals surface area contributed by atoms with E-state index in [-0.39, 0.29) is 11.9 Å².